The summed E-state index contributed by atoms with van der Waals surface area (Å²) in [4.78, 5) is 26.3. The van der Waals surface area contributed by atoms with Gasteiger partial charge in [-0.1, -0.05) is 12.1 Å². The third-order valence-electron chi connectivity index (χ3n) is 4.33. The van der Waals surface area contributed by atoms with Crippen molar-refractivity contribution >= 4 is 23.2 Å². The summed E-state index contributed by atoms with van der Waals surface area (Å²) >= 11 is 0. The van der Waals surface area contributed by atoms with Crippen LogP contribution in [0, 0.1) is 5.92 Å². The number of fused-ring (bicyclic) bond motifs is 1. The highest BCUT2D eigenvalue weighted by atomic mass is 16.7. The molecule has 2 aromatic rings. The maximum absolute atomic E-state index is 12.4. The smallest absolute Gasteiger partial charge is 0.231 e. The van der Waals surface area contributed by atoms with Crippen LogP contribution in [0.1, 0.15) is 6.42 Å². The van der Waals surface area contributed by atoms with Crippen LogP contribution in [0.4, 0.5) is 11.4 Å². The van der Waals surface area contributed by atoms with Crippen LogP contribution in [0.25, 0.3) is 0 Å². The van der Waals surface area contributed by atoms with E-state index in [0.29, 0.717) is 22.9 Å². The van der Waals surface area contributed by atoms with Crippen LogP contribution in [-0.4, -0.2) is 30.3 Å². The quantitative estimate of drug-likeness (QED) is 0.836. The van der Waals surface area contributed by atoms with Crippen molar-refractivity contribution in [2.75, 3.05) is 23.6 Å². The first kappa shape index (κ1) is 15.3. The molecule has 0 aliphatic carbocycles. The molecule has 1 fully saturated rings. The topological polar surface area (TPSA) is 88.1 Å². The van der Waals surface area contributed by atoms with E-state index in [1.54, 1.807) is 41.3 Å². The Balaban J connectivity index is 1.48. The summed E-state index contributed by atoms with van der Waals surface area (Å²) in [6.45, 7) is 0.441. The Kier molecular flexibility index (Phi) is 3.68. The Hall–Kier alpha value is -3.22. The molecule has 0 spiro atoms. The summed E-state index contributed by atoms with van der Waals surface area (Å²) in [6.07, 6.45) is 0.119. The highest BCUT2D eigenvalue weighted by Crippen LogP contribution is 2.37. The Labute approximate surface area is 143 Å². The lowest BCUT2D eigenvalue weighted by molar-refractivity contribution is -0.122. The van der Waals surface area contributed by atoms with Crippen LogP contribution >= 0.6 is 0 Å². The second-order valence-electron chi connectivity index (χ2n) is 5.95. The van der Waals surface area contributed by atoms with E-state index in [9.17, 15) is 14.7 Å². The average molecular weight is 340 g/mol. The molecule has 7 nitrogen and oxygen atoms in total. The number of amides is 2. The maximum atomic E-state index is 12.4. The minimum atomic E-state index is -0.488. The van der Waals surface area contributed by atoms with Gasteiger partial charge < -0.3 is 24.8 Å². The number of hydrogen-bond donors (Lipinski definition) is 2. The zero-order chi connectivity index (χ0) is 17.4. The van der Waals surface area contributed by atoms with E-state index in [1.807, 2.05) is 0 Å². The molecule has 2 amide bonds. The Morgan fingerprint density at radius 1 is 1.16 bits per heavy atom. The van der Waals surface area contributed by atoms with Gasteiger partial charge in [0, 0.05) is 24.7 Å². The van der Waals surface area contributed by atoms with Gasteiger partial charge in [-0.2, -0.15) is 0 Å². The van der Waals surface area contributed by atoms with E-state index in [4.69, 9.17) is 9.47 Å². The van der Waals surface area contributed by atoms with Crippen molar-refractivity contribution in [3.8, 4) is 17.2 Å². The number of aromatic hydroxyl groups is 1. The summed E-state index contributed by atoms with van der Waals surface area (Å²) in [5.74, 6) is 0.316. The van der Waals surface area contributed by atoms with Crippen LogP contribution in [0.5, 0.6) is 17.2 Å². The van der Waals surface area contributed by atoms with E-state index >= 15 is 0 Å². The number of carbonyl (C=O) groups is 2. The number of ether oxygens (including phenoxy) is 2. The first-order chi connectivity index (χ1) is 12.1. The van der Waals surface area contributed by atoms with Gasteiger partial charge in [0.25, 0.3) is 0 Å². The zero-order valence-corrected chi connectivity index (χ0v) is 13.3. The minimum absolute atomic E-state index is 0.00667. The Morgan fingerprint density at radius 3 is 2.80 bits per heavy atom. The maximum Gasteiger partial charge on any atom is 0.231 e. The molecule has 2 heterocycles. The van der Waals surface area contributed by atoms with Crippen molar-refractivity contribution in [2.24, 2.45) is 5.92 Å². The van der Waals surface area contributed by atoms with E-state index in [1.165, 1.54) is 6.07 Å². The average Bonchev–Trinajstić information content (AvgIpc) is 3.22. The number of rotatable bonds is 3. The molecule has 25 heavy (non-hydrogen) atoms. The molecular formula is C18H16N2O5. The molecule has 1 saturated heterocycles. The molecule has 2 aromatic carbocycles. The van der Waals surface area contributed by atoms with Gasteiger partial charge in [0.2, 0.25) is 18.6 Å². The van der Waals surface area contributed by atoms with Crippen LogP contribution in [0.15, 0.2) is 42.5 Å². The second-order valence-corrected chi connectivity index (χ2v) is 5.95. The number of carbonyl (C=O) groups excluding carboxylic acids is 2. The first-order valence-corrected chi connectivity index (χ1v) is 7.91. The summed E-state index contributed by atoms with van der Waals surface area (Å²) in [6, 6.07) is 11.8. The SMILES string of the molecule is O=C(Nc1ccccc1O)C1CC(=O)N(c2ccc3c(c2)OCO3)C1. The minimum Gasteiger partial charge on any atom is -0.506 e. The largest absolute Gasteiger partial charge is 0.506 e. The van der Waals surface area contributed by atoms with Crippen LogP contribution in [0.3, 0.4) is 0 Å². The third kappa shape index (κ3) is 2.84. The fourth-order valence-electron chi connectivity index (χ4n) is 3.00. The summed E-state index contributed by atoms with van der Waals surface area (Å²) < 4.78 is 10.6. The lowest BCUT2D eigenvalue weighted by atomic mass is 10.1. The fraction of sp³-hybridized carbons (Fsp3) is 0.222. The number of para-hydroxylation sites is 2. The Morgan fingerprint density at radius 2 is 1.96 bits per heavy atom. The van der Waals surface area contributed by atoms with Gasteiger partial charge in [0.05, 0.1) is 11.6 Å². The molecular weight excluding hydrogens is 324 g/mol. The van der Waals surface area contributed by atoms with Gasteiger partial charge in [-0.15, -0.1) is 0 Å². The molecule has 4 rings (SSSR count). The summed E-state index contributed by atoms with van der Waals surface area (Å²) in [5.41, 5.74) is 1.01. The predicted octanol–water partition coefficient (Wildman–Crippen LogP) is 2.11. The number of nitrogens with one attached hydrogen (secondary N) is 1. The molecule has 0 radical (unpaired) electrons. The van der Waals surface area contributed by atoms with Crippen LogP contribution in [-0.2, 0) is 9.59 Å². The molecule has 0 aromatic heterocycles. The van der Waals surface area contributed by atoms with E-state index in [0.717, 1.165) is 0 Å². The summed E-state index contributed by atoms with van der Waals surface area (Å²) in [7, 11) is 0. The van der Waals surface area contributed by atoms with Gasteiger partial charge in [-0.3, -0.25) is 9.59 Å². The predicted molar refractivity (Wildman–Crippen MR) is 89.8 cm³/mol. The van der Waals surface area contributed by atoms with Crippen molar-refractivity contribution in [3.63, 3.8) is 0 Å². The van der Waals surface area contributed by atoms with Crippen LogP contribution in [0.2, 0.25) is 0 Å². The third-order valence-corrected chi connectivity index (χ3v) is 4.33. The molecule has 2 aliphatic heterocycles. The molecule has 7 heteroatoms. The lowest BCUT2D eigenvalue weighted by Crippen LogP contribution is -2.28. The molecule has 2 N–H and O–H groups in total. The van der Waals surface area contributed by atoms with Gasteiger partial charge in [-0.25, -0.2) is 0 Å². The molecule has 128 valence electrons. The molecule has 2 aliphatic rings. The number of hydrogen-bond acceptors (Lipinski definition) is 5. The van der Waals surface area contributed by atoms with E-state index < -0.39 is 5.92 Å². The normalized spacial score (nSPS) is 18.5. The molecule has 1 atom stereocenters. The highest BCUT2D eigenvalue weighted by molar-refractivity contribution is 6.04. The van der Waals surface area contributed by atoms with Gasteiger partial charge >= 0.3 is 0 Å². The fourth-order valence-corrected chi connectivity index (χ4v) is 3.00. The van der Waals surface area contributed by atoms with Crippen molar-refractivity contribution in [1.29, 1.82) is 0 Å². The van der Waals surface area contributed by atoms with Crippen LogP contribution < -0.4 is 19.7 Å². The first-order valence-electron chi connectivity index (χ1n) is 7.91. The van der Waals surface area contributed by atoms with Gasteiger partial charge in [0.1, 0.15) is 5.75 Å². The molecule has 0 saturated carbocycles. The van der Waals surface area contributed by atoms with E-state index in [-0.39, 0.29) is 37.3 Å². The van der Waals surface area contributed by atoms with Gasteiger partial charge in [0.15, 0.2) is 11.5 Å². The Bertz CT molecular complexity index is 851. The monoisotopic (exact) mass is 340 g/mol. The van der Waals surface area contributed by atoms with Crippen molar-refractivity contribution in [3.05, 3.63) is 42.5 Å². The number of benzene rings is 2. The zero-order valence-electron chi connectivity index (χ0n) is 13.3. The number of nitrogens with zero attached hydrogens (tertiary/aromatic N) is 1. The van der Waals surface area contributed by atoms with Crippen molar-refractivity contribution in [2.45, 2.75) is 6.42 Å². The summed E-state index contributed by atoms with van der Waals surface area (Å²) in [5, 5.41) is 12.4. The van der Waals surface area contributed by atoms with Crippen molar-refractivity contribution < 1.29 is 24.2 Å². The number of phenols is 1. The number of phenolic OH excluding ortho intramolecular Hbond substituents is 1. The molecule has 1 unspecified atom stereocenters. The highest BCUT2D eigenvalue weighted by Gasteiger charge is 2.36. The van der Waals surface area contributed by atoms with Crippen molar-refractivity contribution in [1.82, 2.24) is 0 Å². The second kappa shape index (κ2) is 6.01. The van der Waals surface area contributed by atoms with Gasteiger partial charge in [-0.05, 0) is 24.3 Å². The van der Waals surface area contributed by atoms with E-state index in [2.05, 4.69) is 5.32 Å². The molecule has 0 bridgehead atoms. The standard InChI is InChI=1S/C18H16N2O5/c21-14-4-2-1-3-13(14)19-18(23)11-7-17(22)20(9-11)12-5-6-15-16(8-12)25-10-24-15/h1-6,8,11,21H,7,9-10H2,(H,19,23). The number of anilines is 2. The lowest BCUT2D eigenvalue weighted by Gasteiger charge is -2.17.